The standard InChI is InChI=1S/C49H39N3/c1-48(2,3)34-28-35(30-37(29-34)51-32-50(4)46-24-14-15-25-47(46)51)49(42-21-11-8-18-38(42)39-19-9-12-22-43(39)49)33-26-27-45-41(31-33)40-20-10-13-23-44(40)52(45)36-16-6-5-7-17-36/h5-31H,1-4H3/q+2. The fourth-order valence-corrected chi connectivity index (χ4v) is 8.87. The number of para-hydroxylation sites is 4. The summed E-state index contributed by atoms with van der Waals surface area (Å²) in [5.74, 6) is 0. The van der Waals surface area contributed by atoms with E-state index in [1.807, 2.05) is 0 Å². The molecular weight excluding hydrogens is 631 g/mol. The Bertz CT molecular complexity index is 2780. The van der Waals surface area contributed by atoms with E-state index >= 15 is 0 Å². The molecule has 7 aromatic carbocycles. The monoisotopic (exact) mass is 669 g/mol. The van der Waals surface area contributed by atoms with Crippen molar-refractivity contribution < 1.29 is 4.58 Å². The van der Waals surface area contributed by atoms with Gasteiger partial charge in [0.2, 0.25) is 5.69 Å². The fraction of sp³-hybridized carbons (Fsp3) is 0.122. The Labute approximate surface area is 304 Å². The van der Waals surface area contributed by atoms with Crippen LogP contribution >= 0.6 is 0 Å². The molecule has 3 heteroatoms. The first-order valence-electron chi connectivity index (χ1n) is 18.2. The molecule has 0 N–H and O–H groups in total. The molecule has 52 heavy (non-hydrogen) atoms. The van der Waals surface area contributed by atoms with Crippen LogP contribution < -0.4 is 4.58 Å². The van der Waals surface area contributed by atoms with Crippen LogP contribution in [0.4, 0.5) is 17.1 Å². The lowest BCUT2D eigenvalue weighted by Crippen LogP contribution is -2.29. The maximum absolute atomic E-state index is 3.65. The molecule has 0 unspecified atom stereocenters. The summed E-state index contributed by atoms with van der Waals surface area (Å²) in [6, 6.07) is 64.4. The van der Waals surface area contributed by atoms with Gasteiger partial charge in [0.05, 0.1) is 16.4 Å². The average molecular weight is 670 g/mol. The highest BCUT2D eigenvalue weighted by Gasteiger charge is 2.47. The van der Waals surface area contributed by atoms with Crippen LogP contribution in [0.3, 0.4) is 0 Å². The van der Waals surface area contributed by atoms with Crippen LogP contribution in [0.25, 0.3) is 38.6 Å². The zero-order valence-corrected chi connectivity index (χ0v) is 29.9. The third-order valence-electron chi connectivity index (χ3n) is 11.3. The first-order valence-corrected chi connectivity index (χ1v) is 18.2. The molecule has 1 aromatic heterocycles. The molecule has 1 aliphatic carbocycles. The minimum absolute atomic E-state index is 0.0954. The van der Waals surface area contributed by atoms with E-state index in [9.17, 15) is 0 Å². The van der Waals surface area contributed by atoms with Crippen molar-refractivity contribution in [3.05, 3.63) is 192 Å². The summed E-state index contributed by atoms with van der Waals surface area (Å²) >= 11 is 0. The molecular formula is C49H39N3+2. The molecule has 8 aromatic rings. The van der Waals surface area contributed by atoms with Crippen molar-refractivity contribution >= 4 is 44.9 Å². The first kappa shape index (κ1) is 30.5. The van der Waals surface area contributed by atoms with E-state index in [0.29, 0.717) is 0 Å². The summed E-state index contributed by atoms with van der Waals surface area (Å²) in [7, 11) is 2.08. The Morgan fingerprint density at radius 2 is 1.15 bits per heavy atom. The van der Waals surface area contributed by atoms with Crippen LogP contribution in [-0.2, 0) is 10.8 Å². The minimum Gasteiger partial charge on any atom is -0.309 e. The summed E-state index contributed by atoms with van der Waals surface area (Å²) in [6.45, 7) is 6.96. The fourth-order valence-electron chi connectivity index (χ4n) is 8.87. The molecule has 10 rings (SSSR count). The maximum atomic E-state index is 3.65. The van der Waals surface area contributed by atoms with Gasteiger partial charge >= 0.3 is 6.01 Å². The Balaban J connectivity index is 1.33. The normalized spacial score (nSPS) is 14.2. The van der Waals surface area contributed by atoms with Gasteiger partial charge in [-0.25, -0.2) is 0 Å². The maximum Gasteiger partial charge on any atom is 0.496 e. The van der Waals surface area contributed by atoms with Crippen molar-refractivity contribution in [2.45, 2.75) is 31.6 Å². The van der Waals surface area contributed by atoms with Gasteiger partial charge in [-0.3, -0.25) is 0 Å². The predicted octanol–water partition coefficient (Wildman–Crippen LogP) is 11.7. The molecule has 0 amide bonds. The summed E-state index contributed by atoms with van der Waals surface area (Å²) in [5.41, 5.74) is 15.3. The number of hydrogen-bond acceptors (Lipinski definition) is 0. The number of rotatable bonds is 4. The number of nitrogens with zero attached hydrogens (tertiary/aromatic N) is 3. The second-order valence-electron chi connectivity index (χ2n) is 15.3. The largest absolute Gasteiger partial charge is 0.496 e. The van der Waals surface area contributed by atoms with E-state index in [4.69, 9.17) is 0 Å². The highest BCUT2D eigenvalue weighted by molar-refractivity contribution is 6.10. The van der Waals surface area contributed by atoms with Crippen LogP contribution in [-0.4, -0.2) is 22.2 Å². The highest BCUT2D eigenvalue weighted by atomic mass is 15.2. The Hall–Kier alpha value is -6.28. The van der Waals surface area contributed by atoms with Gasteiger partial charge in [0.1, 0.15) is 0 Å². The molecule has 0 fully saturated rings. The zero-order valence-electron chi connectivity index (χ0n) is 29.9. The van der Waals surface area contributed by atoms with Crippen molar-refractivity contribution in [2.75, 3.05) is 7.05 Å². The lowest BCUT2D eigenvalue weighted by atomic mass is 9.66. The number of aromatic nitrogens is 1. The summed E-state index contributed by atoms with van der Waals surface area (Å²) in [5, 5.41) is 2.50. The Morgan fingerprint density at radius 1 is 0.538 bits per heavy atom. The van der Waals surface area contributed by atoms with Gasteiger partial charge in [0.15, 0.2) is 7.05 Å². The van der Waals surface area contributed by atoms with Crippen LogP contribution in [0, 0.1) is 0 Å². The molecule has 2 aliphatic rings. The Kier molecular flexibility index (Phi) is 6.52. The van der Waals surface area contributed by atoms with E-state index in [1.54, 1.807) is 0 Å². The van der Waals surface area contributed by atoms with Gasteiger partial charge in [-0.15, -0.1) is 0 Å². The lowest BCUT2D eigenvalue weighted by Gasteiger charge is -2.35. The van der Waals surface area contributed by atoms with Crippen molar-refractivity contribution in [1.29, 1.82) is 0 Å². The smallest absolute Gasteiger partial charge is 0.309 e. The van der Waals surface area contributed by atoms with Gasteiger partial charge < -0.3 is 4.57 Å². The number of benzene rings is 7. The van der Waals surface area contributed by atoms with E-state index < -0.39 is 5.41 Å². The van der Waals surface area contributed by atoms with E-state index in [0.717, 1.165) is 17.1 Å². The van der Waals surface area contributed by atoms with Crippen LogP contribution in [0.5, 0.6) is 0 Å². The molecule has 2 heterocycles. The molecule has 1 aliphatic heterocycles. The van der Waals surface area contributed by atoms with Crippen molar-refractivity contribution in [2.24, 2.45) is 0 Å². The summed E-state index contributed by atoms with van der Waals surface area (Å²) < 4.78 is 6.75. The molecule has 248 valence electrons. The SMILES string of the molecule is C[N+]1=C=[N+](c2cc(C(C)(C)C)cc(C3(c4ccc5c(c4)c4ccccc4n5-c4ccccc4)c4ccccc4-c4ccccc43)c2)c2ccccc21. The van der Waals surface area contributed by atoms with Gasteiger partial charge in [-0.05, 0) is 79.3 Å². The molecule has 3 nitrogen and oxygen atoms in total. The van der Waals surface area contributed by atoms with E-state index in [-0.39, 0.29) is 5.41 Å². The molecule has 0 saturated heterocycles. The average Bonchev–Trinajstić information content (AvgIpc) is 3.80. The lowest BCUT2D eigenvalue weighted by molar-refractivity contribution is -0.394. The third-order valence-corrected chi connectivity index (χ3v) is 11.3. The second kappa shape index (κ2) is 11.1. The molecule has 0 atom stereocenters. The molecule has 0 spiro atoms. The third kappa shape index (κ3) is 4.27. The summed E-state index contributed by atoms with van der Waals surface area (Å²) in [4.78, 5) is 0. The molecule has 0 saturated carbocycles. The van der Waals surface area contributed by atoms with Gasteiger partial charge in [0, 0.05) is 40.7 Å². The van der Waals surface area contributed by atoms with Crippen LogP contribution in [0.1, 0.15) is 48.6 Å². The van der Waals surface area contributed by atoms with Crippen molar-refractivity contribution in [3.63, 3.8) is 0 Å². The number of hydrogen-bond donors (Lipinski definition) is 0. The van der Waals surface area contributed by atoms with Gasteiger partial charge in [-0.2, -0.15) is 0 Å². The quantitative estimate of drug-likeness (QED) is 0.165. The van der Waals surface area contributed by atoms with Gasteiger partial charge in [0.25, 0.3) is 11.4 Å². The Morgan fingerprint density at radius 3 is 1.88 bits per heavy atom. The number of fused-ring (bicyclic) bond motifs is 7. The molecule has 0 radical (unpaired) electrons. The van der Waals surface area contributed by atoms with Crippen molar-refractivity contribution in [1.82, 2.24) is 9.14 Å². The minimum atomic E-state index is -0.571. The summed E-state index contributed by atoms with van der Waals surface area (Å²) in [6.07, 6.45) is 0. The van der Waals surface area contributed by atoms with E-state index in [1.165, 1.54) is 66.4 Å². The van der Waals surface area contributed by atoms with Crippen molar-refractivity contribution in [3.8, 4) is 16.8 Å². The molecule has 0 bridgehead atoms. The predicted molar refractivity (Wildman–Crippen MR) is 216 cm³/mol. The first-order chi connectivity index (χ1) is 25.3. The van der Waals surface area contributed by atoms with Crippen LogP contribution in [0.2, 0.25) is 0 Å². The van der Waals surface area contributed by atoms with E-state index in [2.05, 4.69) is 211 Å². The van der Waals surface area contributed by atoms with Crippen LogP contribution in [0.15, 0.2) is 164 Å². The second-order valence-corrected chi connectivity index (χ2v) is 15.3. The van der Waals surface area contributed by atoms with Gasteiger partial charge in [-0.1, -0.05) is 135 Å². The zero-order chi connectivity index (χ0) is 35.2. The highest BCUT2D eigenvalue weighted by Crippen LogP contribution is 2.57. The topological polar surface area (TPSA) is 10.9 Å².